The second-order valence-electron chi connectivity index (χ2n) is 2.01. The molecule has 11 heavy (non-hydrogen) atoms. The first-order valence-corrected chi connectivity index (χ1v) is 3.13. The molecule has 0 spiro atoms. The lowest BCUT2D eigenvalue weighted by Gasteiger charge is -2.10. The Labute approximate surface area is 64.0 Å². The fourth-order valence-corrected chi connectivity index (χ4v) is 0.519. The van der Waals surface area contributed by atoms with E-state index in [1.165, 1.54) is 7.05 Å². The number of azide groups is 1. The monoisotopic (exact) mass is 158 g/mol. The SMILES string of the molecule is CN(CCCN=[N+]=[N-])C(=O)O. The van der Waals surface area contributed by atoms with E-state index in [2.05, 4.69) is 10.0 Å². The van der Waals surface area contributed by atoms with Crippen LogP contribution in [0.2, 0.25) is 0 Å². The summed E-state index contributed by atoms with van der Waals surface area (Å²) < 4.78 is 0. The quantitative estimate of drug-likeness (QED) is 0.289. The van der Waals surface area contributed by atoms with Gasteiger partial charge in [-0.15, -0.1) is 0 Å². The van der Waals surface area contributed by atoms with Gasteiger partial charge in [-0.3, -0.25) is 0 Å². The molecule has 0 rings (SSSR count). The molecule has 0 saturated heterocycles. The van der Waals surface area contributed by atoms with Gasteiger partial charge in [0.25, 0.3) is 0 Å². The lowest BCUT2D eigenvalue weighted by molar-refractivity contribution is 0.156. The second kappa shape index (κ2) is 5.37. The Balaban J connectivity index is 3.38. The molecule has 0 fully saturated rings. The van der Waals surface area contributed by atoms with Crippen LogP contribution >= 0.6 is 0 Å². The van der Waals surface area contributed by atoms with Gasteiger partial charge in [0, 0.05) is 25.0 Å². The summed E-state index contributed by atoms with van der Waals surface area (Å²) in [5, 5.41) is 11.6. The highest BCUT2D eigenvalue weighted by Crippen LogP contribution is 1.88. The Kier molecular flexibility index (Phi) is 4.68. The van der Waals surface area contributed by atoms with Crippen LogP contribution in [0.4, 0.5) is 4.79 Å². The van der Waals surface area contributed by atoms with E-state index in [4.69, 9.17) is 10.6 Å². The molecule has 0 aliphatic carbocycles. The van der Waals surface area contributed by atoms with E-state index < -0.39 is 6.09 Å². The van der Waals surface area contributed by atoms with Gasteiger partial charge in [0.05, 0.1) is 0 Å². The van der Waals surface area contributed by atoms with Crippen LogP contribution in [0.5, 0.6) is 0 Å². The van der Waals surface area contributed by atoms with E-state index in [9.17, 15) is 4.79 Å². The normalized spacial score (nSPS) is 8.45. The molecule has 0 aromatic carbocycles. The maximum absolute atomic E-state index is 10.2. The number of carboxylic acid groups (broad SMARTS) is 1. The Morgan fingerprint density at radius 1 is 1.82 bits per heavy atom. The highest BCUT2D eigenvalue weighted by Gasteiger charge is 2.02. The molecular weight excluding hydrogens is 148 g/mol. The lowest BCUT2D eigenvalue weighted by atomic mass is 10.4. The molecule has 62 valence electrons. The first-order valence-electron chi connectivity index (χ1n) is 3.13. The van der Waals surface area contributed by atoms with Gasteiger partial charge in [0.1, 0.15) is 0 Å². The number of carbonyl (C=O) groups is 1. The lowest BCUT2D eigenvalue weighted by Crippen LogP contribution is -2.25. The van der Waals surface area contributed by atoms with Crippen molar-refractivity contribution in [2.75, 3.05) is 20.1 Å². The van der Waals surface area contributed by atoms with Gasteiger partial charge in [-0.2, -0.15) is 0 Å². The standard InChI is InChI=1S/C5H10N4O2/c1-9(5(10)11)4-2-3-7-8-6/h2-4H2,1H3,(H,10,11). The number of nitrogens with zero attached hydrogens (tertiary/aromatic N) is 4. The highest BCUT2D eigenvalue weighted by molar-refractivity contribution is 5.64. The topological polar surface area (TPSA) is 89.3 Å². The average molecular weight is 158 g/mol. The number of rotatable bonds is 4. The summed E-state index contributed by atoms with van der Waals surface area (Å²) in [5.41, 5.74) is 7.87. The molecule has 0 aliphatic heterocycles. The van der Waals surface area contributed by atoms with Gasteiger partial charge >= 0.3 is 6.09 Å². The zero-order chi connectivity index (χ0) is 8.69. The van der Waals surface area contributed by atoms with Gasteiger partial charge in [-0.25, -0.2) is 4.79 Å². The Hall–Kier alpha value is -1.42. The van der Waals surface area contributed by atoms with E-state index in [1.54, 1.807) is 0 Å². The summed E-state index contributed by atoms with van der Waals surface area (Å²) in [6, 6.07) is 0. The van der Waals surface area contributed by atoms with E-state index in [0.29, 0.717) is 19.5 Å². The molecule has 0 heterocycles. The van der Waals surface area contributed by atoms with Crippen molar-refractivity contribution in [3.63, 3.8) is 0 Å². The first kappa shape index (κ1) is 9.58. The molecule has 0 atom stereocenters. The summed E-state index contributed by atoms with van der Waals surface area (Å²) in [6.07, 6.45) is -0.404. The van der Waals surface area contributed by atoms with Crippen LogP contribution in [-0.2, 0) is 0 Å². The van der Waals surface area contributed by atoms with Gasteiger partial charge < -0.3 is 10.0 Å². The van der Waals surface area contributed by atoms with Crippen molar-refractivity contribution in [2.45, 2.75) is 6.42 Å². The average Bonchev–Trinajstić information content (AvgIpc) is 1.97. The summed E-state index contributed by atoms with van der Waals surface area (Å²) in [7, 11) is 1.47. The van der Waals surface area contributed by atoms with Crippen LogP contribution in [0, 0.1) is 0 Å². The number of hydrogen-bond acceptors (Lipinski definition) is 2. The van der Waals surface area contributed by atoms with Gasteiger partial charge in [-0.1, -0.05) is 5.11 Å². The predicted octanol–water partition coefficient (Wildman–Crippen LogP) is 1.30. The van der Waals surface area contributed by atoms with Crippen molar-refractivity contribution >= 4 is 6.09 Å². The highest BCUT2D eigenvalue weighted by atomic mass is 16.4. The smallest absolute Gasteiger partial charge is 0.407 e. The zero-order valence-corrected chi connectivity index (χ0v) is 6.27. The van der Waals surface area contributed by atoms with Crippen molar-refractivity contribution in [3.05, 3.63) is 10.4 Å². The van der Waals surface area contributed by atoms with Crippen LogP contribution < -0.4 is 0 Å². The molecule has 0 aromatic rings. The molecule has 6 heteroatoms. The van der Waals surface area contributed by atoms with Crippen molar-refractivity contribution < 1.29 is 9.90 Å². The van der Waals surface area contributed by atoms with Crippen molar-refractivity contribution in [3.8, 4) is 0 Å². The van der Waals surface area contributed by atoms with Crippen molar-refractivity contribution in [1.82, 2.24) is 4.90 Å². The molecule has 0 unspecified atom stereocenters. The summed E-state index contributed by atoms with van der Waals surface area (Å²) >= 11 is 0. The molecule has 6 nitrogen and oxygen atoms in total. The van der Waals surface area contributed by atoms with Crippen molar-refractivity contribution in [1.29, 1.82) is 0 Å². The predicted molar refractivity (Wildman–Crippen MR) is 39.3 cm³/mol. The Bertz CT molecular complexity index is 175. The maximum Gasteiger partial charge on any atom is 0.407 e. The first-order chi connectivity index (χ1) is 5.18. The molecule has 0 bridgehead atoms. The Morgan fingerprint density at radius 3 is 2.91 bits per heavy atom. The van der Waals surface area contributed by atoms with Crippen molar-refractivity contribution in [2.24, 2.45) is 5.11 Å². The second-order valence-corrected chi connectivity index (χ2v) is 2.01. The number of amides is 1. The molecule has 0 radical (unpaired) electrons. The van der Waals surface area contributed by atoms with Gasteiger partial charge in [0.15, 0.2) is 0 Å². The van der Waals surface area contributed by atoms with Crippen LogP contribution in [0.15, 0.2) is 5.11 Å². The molecule has 0 aromatic heterocycles. The van der Waals surface area contributed by atoms with Gasteiger partial charge in [0.2, 0.25) is 0 Å². The van der Waals surface area contributed by atoms with E-state index in [1.807, 2.05) is 0 Å². The minimum absolute atomic E-state index is 0.341. The minimum Gasteiger partial charge on any atom is -0.465 e. The third-order valence-electron chi connectivity index (χ3n) is 1.14. The minimum atomic E-state index is -0.967. The third-order valence-corrected chi connectivity index (χ3v) is 1.14. The summed E-state index contributed by atoms with van der Waals surface area (Å²) in [4.78, 5) is 13.9. The van der Waals surface area contributed by atoms with Gasteiger partial charge in [-0.05, 0) is 12.0 Å². The zero-order valence-electron chi connectivity index (χ0n) is 6.27. The van der Waals surface area contributed by atoms with E-state index >= 15 is 0 Å². The Morgan fingerprint density at radius 2 is 2.45 bits per heavy atom. The molecule has 0 aliphatic rings. The fraction of sp³-hybridized carbons (Fsp3) is 0.800. The third kappa shape index (κ3) is 5.05. The van der Waals surface area contributed by atoms with Crippen LogP contribution in [0.25, 0.3) is 10.4 Å². The molecule has 1 N–H and O–H groups in total. The maximum atomic E-state index is 10.2. The molecular formula is C5H10N4O2. The van der Waals surface area contributed by atoms with E-state index in [0.717, 1.165) is 4.90 Å². The molecule has 1 amide bonds. The van der Waals surface area contributed by atoms with Crippen LogP contribution in [-0.4, -0.2) is 36.2 Å². The summed E-state index contributed by atoms with van der Waals surface area (Å²) in [6.45, 7) is 0.739. The van der Waals surface area contributed by atoms with Crippen LogP contribution in [0.3, 0.4) is 0 Å². The molecule has 0 saturated carbocycles. The largest absolute Gasteiger partial charge is 0.465 e. The van der Waals surface area contributed by atoms with Crippen LogP contribution in [0.1, 0.15) is 6.42 Å². The summed E-state index contributed by atoms with van der Waals surface area (Å²) in [5.74, 6) is 0. The van der Waals surface area contributed by atoms with E-state index in [-0.39, 0.29) is 0 Å². The number of hydrogen-bond donors (Lipinski definition) is 1. The fourth-order valence-electron chi connectivity index (χ4n) is 0.519.